The molecule has 0 saturated heterocycles. The van der Waals surface area contributed by atoms with Crippen LogP contribution in [-0.4, -0.2) is 22.2 Å². The number of hydrogen-bond donors (Lipinski definition) is 2. The fraction of sp³-hybridized carbons (Fsp3) is 0.0625. The molecule has 2 aliphatic heterocycles. The van der Waals surface area contributed by atoms with Gasteiger partial charge in [0.2, 0.25) is 0 Å². The Balaban J connectivity index is 1.71. The zero-order valence-corrected chi connectivity index (χ0v) is 22.2. The van der Waals surface area contributed by atoms with Gasteiger partial charge in [-0.3, -0.25) is 0 Å². The van der Waals surface area contributed by atoms with Gasteiger partial charge in [-0.05, 0) is 59.7 Å². The number of ether oxygens (including phenoxy) is 2. The number of hydrogen-bond acceptors (Lipinski definition) is 6. The molecule has 8 heteroatoms. The van der Waals surface area contributed by atoms with E-state index in [-0.39, 0.29) is 33.8 Å². The third kappa shape index (κ3) is 4.05. The Morgan fingerprint density at radius 2 is 0.900 bits per heavy atom. The first-order valence-electron chi connectivity index (χ1n) is 12.3. The molecule has 4 aromatic carbocycles. The average molecular weight is 571 g/mol. The van der Waals surface area contributed by atoms with Crippen molar-refractivity contribution in [3.8, 4) is 11.5 Å². The summed E-state index contributed by atoms with van der Waals surface area (Å²) in [7, 11) is 0. The van der Waals surface area contributed by atoms with Crippen LogP contribution in [0.25, 0.3) is 12.2 Å². The van der Waals surface area contributed by atoms with Crippen molar-refractivity contribution in [1.29, 1.82) is 0 Å². The normalized spacial score (nSPS) is 23.8. The summed E-state index contributed by atoms with van der Waals surface area (Å²) < 4.78 is 11.2. The molecule has 0 radical (unpaired) electrons. The van der Waals surface area contributed by atoms with E-state index in [9.17, 15) is 19.8 Å². The molecule has 0 fully saturated rings. The highest BCUT2D eigenvalue weighted by Gasteiger charge is 2.65. The second kappa shape index (κ2) is 9.77. The van der Waals surface area contributed by atoms with Crippen LogP contribution in [0.3, 0.4) is 0 Å². The van der Waals surface area contributed by atoms with Crippen LogP contribution >= 0.6 is 23.2 Å². The molecule has 6 nitrogen and oxygen atoms in total. The third-order valence-corrected chi connectivity index (χ3v) is 7.57. The number of benzene rings is 4. The molecule has 2 atom stereocenters. The van der Waals surface area contributed by atoms with Crippen molar-refractivity contribution in [2.45, 2.75) is 11.2 Å². The molecule has 2 aliphatic rings. The molecule has 4 aromatic rings. The Morgan fingerprint density at radius 3 is 1.27 bits per heavy atom. The smallest absolute Gasteiger partial charge is 0.342 e. The molecule has 2 N–H and O–H groups in total. The molecule has 0 saturated carbocycles. The molecule has 0 amide bonds. The number of esters is 2. The van der Waals surface area contributed by atoms with Crippen LogP contribution in [0.1, 0.15) is 22.3 Å². The molecule has 0 aromatic heterocycles. The monoisotopic (exact) mass is 570 g/mol. The molecule has 40 heavy (non-hydrogen) atoms. The minimum absolute atomic E-state index is 0.0407. The van der Waals surface area contributed by atoms with E-state index in [1.54, 1.807) is 72.8 Å². The van der Waals surface area contributed by atoms with Crippen molar-refractivity contribution in [3.63, 3.8) is 0 Å². The number of aliphatic hydroxyl groups is 2. The summed E-state index contributed by atoms with van der Waals surface area (Å²) in [5, 5.41) is 26.7. The molecule has 0 spiro atoms. The van der Waals surface area contributed by atoms with E-state index in [2.05, 4.69) is 0 Å². The topological polar surface area (TPSA) is 93.1 Å². The SMILES string of the molecule is O=C1Oc2ccccc2C(O)(C2(O)/C(=C\c3ccc(Cl)cc3)C(=O)Oc3ccccc32)/C1=C\c1ccc(Cl)cc1. The lowest BCUT2D eigenvalue weighted by Crippen LogP contribution is -2.58. The number of rotatable bonds is 3. The van der Waals surface area contributed by atoms with Crippen molar-refractivity contribution in [3.05, 3.63) is 141 Å². The third-order valence-electron chi connectivity index (χ3n) is 7.06. The number of carbonyl (C=O) groups excluding carboxylic acids is 2. The molecule has 0 bridgehead atoms. The lowest BCUT2D eigenvalue weighted by Gasteiger charge is -2.49. The minimum atomic E-state index is -2.51. The van der Waals surface area contributed by atoms with Crippen LogP contribution in [0.5, 0.6) is 11.5 Å². The van der Waals surface area contributed by atoms with Crippen LogP contribution in [0.2, 0.25) is 10.0 Å². The Labute approximate surface area is 239 Å². The van der Waals surface area contributed by atoms with Gasteiger partial charge in [-0.15, -0.1) is 0 Å². The Morgan fingerprint density at radius 1 is 0.550 bits per heavy atom. The summed E-state index contributed by atoms with van der Waals surface area (Å²) in [6, 6.07) is 25.8. The van der Waals surface area contributed by atoms with Crippen LogP contribution in [0, 0.1) is 0 Å². The second-order valence-corrected chi connectivity index (χ2v) is 10.3. The summed E-state index contributed by atoms with van der Waals surface area (Å²) >= 11 is 12.1. The van der Waals surface area contributed by atoms with E-state index in [1.165, 1.54) is 36.4 Å². The highest BCUT2D eigenvalue weighted by atomic mass is 35.5. The van der Waals surface area contributed by atoms with E-state index >= 15 is 0 Å². The van der Waals surface area contributed by atoms with Gasteiger partial charge < -0.3 is 19.7 Å². The number of para-hydroxylation sites is 2. The molecular formula is C32H20Cl2O6. The van der Waals surface area contributed by atoms with Crippen LogP contribution in [0.4, 0.5) is 0 Å². The molecule has 2 heterocycles. The summed E-state index contributed by atoms with van der Waals surface area (Å²) in [5.74, 6) is -1.71. The van der Waals surface area contributed by atoms with E-state index in [0.29, 0.717) is 21.2 Å². The summed E-state index contributed by atoms with van der Waals surface area (Å²) in [5.41, 5.74) is -4.41. The molecule has 2 unspecified atom stereocenters. The average Bonchev–Trinajstić information content (AvgIpc) is 2.95. The Bertz CT molecular complexity index is 1600. The first kappa shape index (κ1) is 26.0. The number of halogens is 2. The van der Waals surface area contributed by atoms with Crippen molar-refractivity contribution >= 4 is 47.3 Å². The summed E-state index contributed by atoms with van der Waals surface area (Å²) in [6.07, 6.45) is 2.82. The zero-order valence-electron chi connectivity index (χ0n) is 20.7. The zero-order chi connectivity index (χ0) is 28.1. The second-order valence-electron chi connectivity index (χ2n) is 9.41. The molecule has 0 aliphatic carbocycles. The Hall–Kier alpha value is -4.20. The highest BCUT2D eigenvalue weighted by molar-refractivity contribution is 6.30. The quantitative estimate of drug-likeness (QED) is 0.176. The first-order valence-corrected chi connectivity index (χ1v) is 13.0. The maximum absolute atomic E-state index is 13.6. The van der Waals surface area contributed by atoms with Gasteiger partial charge in [-0.1, -0.05) is 83.9 Å². The van der Waals surface area contributed by atoms with Gasteiger partial charge in [0.05, 0.1) is 11.1 Å². The maximum Gasteiger partial charge on any atom is 0.342 e. The lowest BCUT2D eigenvalue weighted by atomic mass is 9.63. The summed E-state index contributed by atoms with van der Waals surface area (Å²) in [4.78, 5) is 27.2. The van der Waals surface area contributed by atoms with Crippen molar-refractivity contribution in [2.75, 3.05) is 0 Å². The van der Waals surface area contributed by atoms with Crippen molar-refractivity contribution in [2.24, 2.45) is 0 Å². The minimum Gasteiger partial charge on any atom is -0.423 e. The van der Waals surface area contributed by atoms with Crippen LogP contribution in [0.15, 0.2) is 108 Å². The maximum atomic E-state index is 13.6. The van der Waals surface area contributed by atoms with Crippen molar-refractivity contribution < 1.29 is 29.3 Å². The van der Waals surface area contributed by atoms with Gasteiger partial charge in [0.25, 0.3) is 0 Å². The van der Waals surface area contributed by atoms with Crippen LogP contribution in [-0.2, 0) is 20.8 Å². The largest absolute Gasteiger partial charge is 0.423 e. The van der Waals surface area contributed by atoms with Crippen LogP contribution < -0.4 is 9.47 Å². The van der Waals surface area contributed by atoms with Gasteiger partial charge in [-0.25, -0.2) is 9.59 Å². The predicted molar refractivity (Wildman–Crippen MR) is 151 cm³/mol. The van der Waals surface area contributed by atoms with Gasteiger partial charge in [0.1, 0.15) is 11.5 Å². The highest BCUT2D eigenvalue weighted by Crippen LogP contribution is 2.58. The summed E-state index contributed by atoms with van der Waals surface area (Å²) in [6.45, 7) is 0. The first-order chi connectivity index (χ1) is 19.2. The van der Waals surface area contributed by atoms with Gasteiger partial charge in [0, 0.05) is 21.2 Å². The number of carbonyl (C=O) groups is 2. The fourth-order valence-corrected chi connectivity index (χ4v) is 5.41. The van der Waals surface area contributed by atoms with E-state index in [1.807, 2.05) is 0 Å². The van der Waals surface area contributed by atoms with E-state index in [0.717, 1.165) is 0 Å². The fourth-order valence-electron chi connectivity index (χ4n) is 5.16. The lowest BCUT2D eigenvalue weighted by molar-refractivity contribution is -0.162. The molecule has 6 rings (SSSR count). The molecular weight excluding hydrogens is 551 g/mol. The van der Waals surface area contributed by atoms with Gasteiger partial charge in [0.15, 0.2) is 11.2 Å². The number of fused-ring (bicyclic) bond motifs is 2. The van der Waals surface area contributed by atoms with E-state index < -0.39 is 23.1 Å². The van der Waals surface area contributed by atoms with Gasteiger partial charge in [-0.2, -0.15) is 0 Å². The standard InChI is InChI=1S/C32H20Cl2O6/c33-21-13-9-19(10-14-21)17-25-29(35)39-27-7-3-1-5-23(27)31(25,37)32(38)24-6-2-4-8-28(24)40-30(36)26(32)18-20-11-15-22(34)16-12-20/h1-18,37-38H/b25-17-,26-18-. The Kier molecular flexibility index (Phi) is 6.36. The molecule has 198 valence electrons. The van der Waals surface area contributed by atoms with Gasteiger partial charge >= 0.3 is 11.9 Å². The van der Waals surface area contributed by atoms with Crippen molar-refractivity contribution in [1.82, 2.24) is 0 Å². The predicted octanol–water partition coefficient (Wildman–Crippen LogP) is 6.07. The van der Waals surface area contributed by atoms with E-state index in [4.69, 9.17) is 32.7 Å².